The number of hydrogen-bond donors (Lipinski definition) is 3. The summed E-state index contributed by atoms with van der Waals surface area (Å²) in [4.78, 5) is 16.3. The molecule has 0 aromatic carbocycles. The molecule has 0 bridgehead atoms. The summed E-state index contributed by atoms with van der Waals surface area (Å²) in [5, 5.41) is 16.7. The molecular weight excluding hydrogens is 272 g/mol. The maximum atomic E-state index is 9.46. The topological polar surface area (TPSA) is 128 Å². The number of aliphatic hydroxyl groups is 1. The summed E-state index contributed by atoms with van der Waals surface area (Å²) in [6, 6.07) is 0.147. The maximum absolute atomic E-state index is 9.46. The fourth-order valence-electron chi connectivity index (χ4n) is 2.64. The van der Waals surface area contributed by atoms with Crippen LogP contribution in [0.15, 0.2) is 12.7 Å². The summed E-state index contributed by atoms with van der Waals surface area (Å²) in [6.07, 6.45) is 7.16. The lowest BCUT2D eigenvalue weighted by atomic mass is 9.85. The molecular formula is C12H18N8O. The first-order chi connectivity index (χ1) is 10.3. The van der Waals surface area contributed by atoms with Crippen molar-refractivity contribution in [1.82, 2.24) is 29.7 Å². The minimum absolute atomic E-state index is 0.120. The van der Waals surface area contributed by atoms with Crippen LogP contribution in [0.25, 0.3) is 5.95 Å². The van der Waals surface area contributed by atoms with Crippen molar-refractivity contribution in [2.75, 3.05) is 17.7 Å². The van der Waals surface area contributed by atoms with Crippen LogP contribution in [-0.4, -0.2) is 47.5 Å². The van der Waals surface area contributed by atoms with Crippen molar-refractivity contribution in [1.29, 1.82) is 0 Å². The standard InChI is InChI=1S/C12H18N8O/c13-10-17-11(16-9-4-2-1-3-8(9)5-21)19-12(18-10)20-7-14-6-15-20/h6-9,21H,1-5H2,(H3,13,16,17,18,19). The summed E-state index contributed by atoms with van der Waals surface area (Å²) >= 11 is 0. The van der Waals surface area contributed by atoms with Crippen LogP contribution in [0.2, 0.25) is 0 Å². The molecule has 0 spiro atoms. The molecule has 2 unspecified atom stereocenters. The van der Waals surface area contributed by atoms with Gasteiger partial charge >= 0.3 is 0 Å². The number of anilines is 2. The Bertz CT molecular complexity index is 587. The Morgan fingerprint density at radius 3 is 2.90 bits per heavy atom. The molecule has 0 amide bonds. The fraction of sp³-hybridized carbons (Fsp3) is 0.583. The second-order valence-corrected chi connectivity index (χ2v) is 5.14. The molecule has 9 heteroatoms. The van der Waals surface area contributed by atoms with Gasteiger partial charge in [-0.2, -0.15) is 24.7 Å². The molecule has 2 heterocycles. The minimum atomic E-state index is 0.120. The van der Waals surface area contributed by atoms with Crippen LogP contribution < -0.4 is 11.1 Å². The monoisotopic (exact) mass is 290 g/mol. The predicted octanol–water partition coefficient (Wildman–Crippen LogP) is -0.00250. The van der Waals surface area contributed by atoms with Gasteiger partial charge in [0.1, 0.15) is 12.7 Å². The normalized spacial score (nSPS) is 22.1. The zero-order chi connectivity index (χ0) is 14.7. The van der Waals surface area contributed by atoms with Gasteiger partial charge in [-0.3, -0.25) is 0 Å². The Morgan fingerprint density at radius 1 is 1.29 bits per heavy atom. The predicted molar refractivity (Wildman–Crippen MR) is 75.6 cm³/mol. The number of aromatic nitrogens is 6. The summed E-state index contributed by atoms with van der Waals surface area (Å²) in [6.45, 7) is 0.161. The van der Waals surface area contributed by atoms with Crippen LogP contribution in [0.4, 0.5) is 11.9 Å². The van der Waals surface area contributed by atoms with Crippen LogP contribution in [0.3, 0.4) is 0 Å². The molecule has 0 aliphatic heterocycles. The molecule has 2 atom stereocenters. The van der Waals surface area contributed by atoms with Crippen molar-refractivity contribution in [3.63, 3.8) is 0 Å². The quantitative estimate of drug-likeness (QED) is 0.717. The molecule has 2 aromatic rings. The smallest absolute Gasteiger partial charge is 0.258 e. The highest BCUT2D eigenvalue weighted by molar-refractivity contribution is 5.35. The van der Waals surface area contributed by atoms with Gasteiger partial charge in [-0.1, -0.05) is 12.8 Å². The number of hydrogen-bond acceptors (Lipinski definition) is 8. The van der Waals surface area contributed by atoms with E-state index in [0.717, 1.165) is 25.7 Å². The fourth-order valence-corrected chi connectivity index (χ4v) is 2.64. The summed E-state index contributed by atoms with van der Waals surface area (Å²) in [7, 11) is 0. The van der Waals surface area contributed by atoms with Crippen molar-refractivity contribution in [2.24, 2.45) is 5.92 Å². The first-order valence-electron chi connectivity index (χ1n) is 7.00. The first-order valence-corrected chi connectivity index (χ1v) is 7.00. The molecule has 1 aliphatic rings. The SMILES string of the molecule is Nc1nc(NC2CCCCC2CO)nc(-n2cncn2)n1. The highest BCUT2D eigenvalue weighted by Gasteiger charge is 2.25. The molecule has 1 fully saturated rings. The zero-order valence-corrected chi connectivity index (χ0v) is 11.6. The third-order valence-corrected chi connectivity index (χ3v) is 3.72. The van der Waals surface area contributed by atoms with Crippen molar-refractivity contribution >= 4 is 11.9 Å². The molecule has 21 heavy (non-hydrogen) atoms. The number of rotatable bonds is 4. The van der Waals surface area contributed by atoms with Gasteiger partial charge in [-0.05, 0) is 12.8 Å². The summed E-state index contributed by atoms with van der Waals surface area (Å²) < 4.78 is 1.42. The van der Waals surface area contributed by atoms with E-state index in [4.69, 9.17) is 5.73 Å². The highest BCUT2D eigenvalue weighted by Crippen LogP contribution is 2.26. The maximum Gasteiger partial charge on any atom is 0.258 e. The second kappa shape index (κ2) is 6.00. The zero-order valence-electron chi connectivity index (χ0n) is 11.6. The average molecular weight is 290 g/mol. The lowest BCUT2D eigenvalue weighted by Crippen LogP contribution is -2.35. The summed E-state index contributed by atoms with van der Waals surface area (Å²) in [5.41, 5.74) is 5.72. The van der Waals surface area contributed by atoms with Crippen LogP contribution in [-0.2, 0) is 0 Å². The number of nitrogen functional groups attached to an aromatic ring is 1. The molecule has 1 saturated carbocycles. The highest BCUT2D eigenvalue weighted by atomic mass is 16.3. The van der Waals surface area contributed by atoms with Gasteiger partial charge in [0.25, 0.3) is 5.95 Å². The second-order valence-electron chi connectivity index (χ2n) is 5.14. The first kappa shape index (κ1) is 13.7. The van der Waals surface area contributed by atoms with Gasteiger partial charge in [0.2, 0.25) is 11.9 Å². The van der Waals surface area contributed by atoms with E-state index in [1.165, 1.54) is 17.3 Å². The van der Waals surface area contributed by atoms with Crippen molar-refractivity contribution in [2.45, 2.75) is 31.7 Å². The largest absolute Gasteiger partial charge is 0.396 e. The van der Waals surface area contributed by atoms with E-state index in [0.29, 0.717) is 11.9 Å². The molecule has 0 saturated heterocycles. The van der Waals surface area contributed by atoms with Crippen LogP contribution in [0.1, 0.15) is 25.7 Å². The number of nitrogens with zero attached hydrogens (tertiary/aromatic N) is 6. The Hall–Kier alpha value is -2.29. The van der Waals surface area contributed by atoms with E-state index in [1.54, 1.807) is 0 Å². The molecule has 9 nitrogen and oxygen atoms in total. The molecule has 112 valence electrons. The number of aliphatic hydroxyl groups excluding tert-OH is 1. The van der Waals surface area contributed by atoms with Crippen LogP contribution >= 0.6 is 0 Å². The van der Waals surface area contributed by atoms with E-state index < -0.39 is 0 Å². The summed E-state index contributed by atoms with van der Waals surface area (Å²) in [5.74, 6) is 1.05. The lowest BCUT2D eigenvalue weighted by molar-refractivity contribution is 0.178. The van der Waals surface area contributed by atoms with E-state index in [-0.39, 0.29) is 24.5 Å². The Kier molecular flexibility index (Phi) is 3.91. The Morgan fingerprint density at radius 2 is 2.14 bits per heavy atom. The van der Waals surface area contributed by atoms with Gasteiger partial charge in [0.15, 0.2) is 0 Å². The lowest BCUT2D eigenvalue weighted by Gasteiger charge is -2.30. The third kappa shape index (κ3) is 3.07. The minimum Gasteiger partial charge on any atom is -0.396 e. The van der Waals surface area contributed by atoms with Crippen molar-refractivity contribution in [3.8, 4) is 5.95 Å². The van der Waals surface area contributed by atoms with Gasteiger partial charge in [0, 0.05) is 18.6 Å². The Labute approximate surface area is 121 Å². The molecule has 2 aromatic heterocycles. The van der Waals surface area contributed by atoms with Crippen molar-refractivity contribution in [3.05, 3.63) is 12.7 Å². The third-order valence-electron chi connectivity index (χ3n) is 3.72. The molecule has 0 radical (unpaired) electrons. The average Bonchev–Trinajstić information content (AvgIpc) is 3.01. The van der Waals surface area contributed by atoms with E-state index >= 15 is 0 Å². The van der Waals surface area contributed by atoms with Crippen LogP contribution in [0.5, 0.6) is 0 Å². The van der Waals surface area contributed by atoms with E-state index in [1.807, 2.05) is 0 Å². The van der Waals surface area contributed by atoms with E-state index in [9.17, 15) is 5.11 Å². The van der Waals surface area contributed by atoms with Crippen LogP contribution in [0, 0.1) is 5.92 Å². The number of nitrogens with two attached hydrogens (primary N) is 1. The van der Waals surface area contributed by atoms with Crippen molar-refractivity contribution < 1.29 is 5.11 Å². The number of nitrogens with one attached hydrogen (secondary N) is 1. The van der Waals surface area contributed by atoms with Gasteiger partial charge in [0.05, 0.1) is 0 Å². The van der Waals surface area contributed by atoms with Gasteiger partial charge in [-0.25, -0.2) is 4.98 Å². The van der Waals surface area contributed by atoms with Gasteiger partial charge in [-0.15, -0.1) is 0 Å². The van der Waals surface area contributed by atoms with E-state index in [2.05, 4.69) is 30.4 Å². The van der Waals surface area contributed by atoms with Gasteiger partial charge < -0.3 is 16.2 Å². The molecule has 4 N–H and O–H groups in total. The molecule has 3 rings (SSSR count). The Balaban J connectivity index is 1.82. The molecule has 1 aliphatic carbocycles.